The first-order chi connectivity index (χ1) is 8.13. The molecule has 0 saturated carbocycles. The van der Waals surface area contributed by atoms with E-state index >= 15 is 0 Å². The molecule has 2 aromatic rings. The molecule has 17 heavy (non-hydrogen) atoms. The predicted molar refractivity (Wildman–Crippen MR) is 68.0 cm³/mol. The average molecular weight is 230 g/mol. The minimum absolute atomic E-state index is 0.0723. The zero-order chi connectivity index (χ0) is 12.4. The number of carbonyl (C=O) groups is 1. The predicted octanol–water partition coefficient (Wildman–Crippen LogP) is 3.61. The summed E-state index contributed by atoms with van der Waals surface area (Å²) in [7, 11) is 0. The van der Waals surface area contributed by atoms with E-state index in [2.05, 4.69) is 6.92 Å². The second-order valence-corrected chi connectivity index (χ2v) is 4.14. The van der Waals surface area contributed by atoms with Gasteiger partial charge >= 0.3 is 6.09 Å². The molecule has 0 fully saturated rings. The van der Waals surface area contributed by atoms with Crippen molar-refractivity contribution in [3.05, 3.63) is 42.9 Å². The van der Waals surface area contributed by atoms with E-state index in [9.17, 15) is 4.79 Å². The third-order valence-electron chi connectivity index (χ3n) is 2.87. The molecule has 0 bridgehead atoms. The average Bonchev–Trinajstić information content (AvgIpc) is 2.67. The van der Waals surface area contributed by atoms with Crippen LogP contribution in [0.3, 0.4) is 0 Å². The summed E-state index contributed by atoms with van der Waals surface area (Å²) in [6.45, 7) is 7.79. The van der Waals surface area contributed by atoms with Gasteiger partial charge in [0, 0.05) is 11.6 Å². The van der Waals surface area contributed by atoms with Crippen LogP contribution >= 0.6 is 0 Å². The van der Waals surface area contributed by atoms with Crippen molar-refractivity contribution in [2.24, 2.45) is 0 Å². The molecule has 0 aliphatic carbocycles. The van der Waals surface area contributed by atoms with Crippen molar-refractivity contribution in [1.82, 2.24) is 4.57 Å². The van der Waals surface area contributed by atoms with Gasteiger partial charge in [0.05, 0.1) is 5.52 Å². The molecule has 1 unspecified atom stereocenters. The van der Waals surface area contributed by atoms with Crippen LogP contribution in [0.1, 0.15) is 25.8 Å². The Labute approximate surface area is 101 Å². The molecule has 0 saturated heterocycles. The van der Waals surface area contributed by atoms with Crippen molar-refractivity contribution in [1.29, 1.82) is 0 Å². The summed E-state index contributed by atoms with van der Waals surface area (Å²) in [5, 5.41) is 0.980. The fourth-order valence-electron chi connectivity index (χ4n) is 1.71. The van der Waals surface area contributed by atoms with Crippen LogP contribution in [0.15, 0.2) is 30.5 Å². The monoisotopic (exact) mass is 230 g/mol. The smallest absolute Gasteiger partial charge is 0.418 e. The van der Waals surface area contributed by atoms with Gasteiger partial charge in [-0.1, -0.05) is 25.1 Å². The summed E-state index contributed by atoms with van der Waals surface area (Å²) in [5.74, 6) is 0. The van der Waals surface area contributed by atoms with Gasteiger partial charge in [-0.3, -0.25) is 4.57 Å². The fourth-order valence-corrected chi connectivity index (χ4v) is 1.71. The second kappa shape index (κ2) is 4.62. The van der Waals surface area contributed by atoms with Gasteiger partial charge in [0.25, 0.3) is 0 Å². The summed E-state index contributed by atoms with van der Waals surface area (Å²) < 4.78 is 6.82. The van der Waals surface area contributed by atoms with Gasteiger partial charge in [-0.2, -0.15) is 0 Å². The second-order valence-electron chi connectivity index (χ2n) is 4.14. The third kappa shape index (κ3) is 2.18. The Morgan fingerprint density at radius 1 is 1.47 bits per heavy atom. The Balaban J connectivity index is 2.39. The number of carbonyl (C=O) groups excluding carboxylic acids is 1. The topological polar surface area (TPSA) is 31.2 Å². The standard InChI is InChI=1S/C14H16NO2/c1-4-11(3)17-14(16)15-9-10(2)12-7-5-6-8-13(12)15/h5-9,11H,2,4H2,1,3H3. The van der Waals surface area contributed by atoms with Crippen LogP contribution in [0.4, 0.5) is 4.79 Å². The highest BCUT2D eigenvalue weighted by atomic mass is 16.6. The highest BCUT2D eigenvalue weighted by Crippen LogP contribution is 2.20. The van der Waals surface area contributed by atoms with Gasteiger partial charge in [0.15, 0.2) is 0 Å². The molecule has 3 heteroatoms. The van der Waals surface area contributed by atoms with E-state index in [0.717, 1.165) is 22.9 Å². The maximum Gasteiger partial charge on any atom is 0.418 e. The third-order valence-corrected chi connectivity index (χ3v) is 2.87. The molecule has 1 radical (unpaired) electrons. The number of fused-ring (bicyclic) bond motifs is 1. The van der Waals surface area contributed by atoms with Crippen LogP contribution in [0.25, 0.3) is 10.9 Å². The van der Waals surface area contributed by atoms with Crippen molar-refractivity contribution in [2.45, 2.75) is 26.4 Å². The fraction of sp³-hybridized carbons (Fsp3) is 0.286. The molecule has 0 spiro atoms. The number of hydrogen-bond donors (Lipinski definition) is 0. The maximum absolute atomic E-state index is 12.0. The molecule has 1 heterocycles. The number of ether oxygens (including phenoxy) is 1. The largest absolute Gasteiger partial charge is 0.446 e. The molecular weight excluding hydrogens is 214 g/mol. The first-order valence-corrected chi connectivity index (χ1v) is 5.76. The van der Waals surface area contributed by atoms with Gasteiger partial charge in [0.2, 0.25) is 0 Å². The van der Waals surface area contributed by atoms with E-state index in [4.69, 9.17) is 4.74 Å². The van der Waals surface area contributed by atoms with Gasteiger partial charge in [0.1, 0.15) is 6.10 Å². The molecular formula is C14H16NO2. The number of hydrogen-bond acceptors (Lipinski definition) is 2. The van der Waals surface area contributed by atoms with Crippen LogP contribution < -0.4 is 0 Å². The maximum atomic E-state index is 12.0. The summed E-state index contributed by atoms with van der Waals surface area (Å²) in [5.41, 5.74) is 1.67. The summed E-state index contributed by atoms with van der Waals surface area (Å²) >= 11 is 0. The molecule has 2 rings (SSSR count). The molecule has 0 aliphatic rings. The summed E-state index contributed by atoms with van der Waals surface area (Å²) in [4.78, 5) is 12.0. The lowest BCUT2D eigenvalue weighted by molar-refractivity contribution is 0.107. The Hall–Kier alpha value is -1.77. The van der Waals surface area contributed by atoms with E-state index in [0.29, 0.717) is 0 Å². The number of rotatable bonds is 2. The number of aromatic nitrogens is 1. The minimum Gasteiger partial charge on any atom is -0.446 e. The first kappa shape index (κ1) is 11.7. The van der Waals surface area contributed by atoms with Crippen molar-refractivity contribution in [3.8, 4) is 0 Å². The Bertz CT molecular complexity index is 542. The molecule has 1 aromatic carbocycles. The van der Waals surface area contributed by atoms with Crippen molar-refractivity contribution in [3.63, 3.8) is 0 Å². The van der Waals surface area contributed by atoms with E-state index < -0.39 is 0 Å². The van der Waals surface area contributed by atoms with Crippen molar-refractivity contribution >= 4 is 17.0 Å². The zero-order valence-corrected chi connectivity index (χ0v) is 10.1. The Kier molecular flexibility index (Phi) is 3.18. The van der Waals surface area contributed by atoms with Gasteiger partial charge in [-0.15, -0.1) is 0 Å². The summed E-state index contributed by atoms with van der Waals surface area (Å²) in [6, 6.07) is 7.67. The van der Waals surface area contributed by atoms with Crippen molar-refractivity contribution in [2.75, 3.05) is 0 Å². The lowest BCUT2D eigenvalue weighted by atomic mass is 10.2. The molecule has 0 aliphatic heterocycles. The lowest BCUT2D eigenvalue weighted by Gasteiger charge is -2.11. The van der Waals surface area contributed by atoms with Gasteiger partial charge < -0.3 is 4.74 Å². The number of nitrogens with zero attached hydrogens (tertiary/aromatic N) is 1. The van der Waals surface area contributed by atoms with Crippen LogP contribution in [-0.4, -0.2) is 16.8 Å². The SMILES string of the molecule is [CH2]c1cn(C(=O)OC(C)CC)c2ccccc12. The first-order valence-electron chi connectivity index (χ1n) is 5.76. The number of benzene rings is 1. The normalized spacial score (nSPS) is 12.6. The van der Waals surface area contributed by atoms with E-state index in [1.165, 1.54) is 4.57 Å². The van der Waals surface area contributed by atoms with Crippen LogP contribution in [0, 0.1) is 6.92 Å². The minimum atomic E-state index is -0.342. The molecule has 0 N–H and O–H groups in total. The molecule has 0 amide bonds. The van der Waals surface area contributed by atoms with E-state index in [1.54, 1.807) is 6.20 Å². The highest BCUT2D eigenvalue weighted by Gasteiger charge is 2.14. The van der Waals surface area contributed by atoms with Crippen LogP contribution in [0.5, 0.6) is 0 Å². The Morgan fingerprint density at radius 2 is 2.18 bits per heavy atom. The molecule has 1 aromatic heterocycles. The lowest BCUT2D eigenvalue weighted by Crippen LogP contribution is -2.18. The van der Waals surface area contributed by atoms with Crippen LogP contribution in [0.2, 0.25) is 0 Å². The molecule has 89 valence electrons. The van der Waals surface area contributed by atoms with Crippen LogP contribution in [-0.2, 0) is 4.74 Å². The quantitative estimate of drug-likeness (QED) is 0.789. The zero-order valence-electron chi connectivity index (χ0n) is 10.1. The summed E-state index contributed by atoms with van der Waals surface area (Å²) in [6.07, 6.45) is 2.11. The molecule has 3 nitrogen and oxygen atoms in total. The van der Waals surface area contributed by atoms with E-state index in [-0.39, 0.29) is 12.2 Å². The van der Waals surface area contributed by atoms with E-state index in [1.807, 2.05) is 38.1 Å². The molecule has 1 atom stereocenters. The highest BCUT2D eigenvalue weighted by molar-refractivity contribution is 5.92. The van der Waals surface area contributed by atoms with Gasteiger partial charge in [-0.05, 0) is 31.9 Å². The number of para-hydroxylation sites is 1. The Morgan fingerprint density at radius 3 is 2.88 bits per heavy atom. The van der Waals surface area contributed by atoms with Crippen molar-refractivity contribution < 1.29 is 9.53 Å². The van der Waals surface area contributed by atoms with Gasteiger partial charge in [-0.25, -0.2) is 4.79 Å².